The average molecular weight is 509 g/mol. The van der Waals surface area contributed by atoms with Crippen molar-refractivity contribution in [2.24, 2.45) is 0 Å². The van der Waals surface area contributed by atoms with Gasteiger partial charge in [-0.3, -0.25) is 0 Å². The van der Waals surface area contributed by atoms with E-state index in [1.807, 2.05) is 72.8 Å². The minimum Gasteiger partial charge on any atom is -0.308 e. The average Bonchev–Trinajstić information content (AvgIpc) is 3.34. The van der Waals surface area contributed by atoms with Crippen LogP contribution in [0.5, 0.6) is 0 Å². The van der Waals surface area contributed by atoms with Crippen LogP contribution in [-0.4, -0.2) is 19.5 Å². The molecule has 7 aromatic rings. The lowest BCUT2D eigenvalue weighted by molar-refractivity contribution is 1.07. The van der Waals surface area contributed by atoms with E-state index in [4.69, 9.17) is 26.6 Å². The molecule has 5 heteroatoms. The van der Waals surface area contributed by atoms with E-state index < -0.39 is 0 Å². The molecule has 0 radical (unpaired) electrons. The van der Waals surface area contributed by atoms with Gasteiger partial charge in [-0.2, -0.15) is 0 Å². The van der Waals surface area contributed by atoms with Crippen LogP contribution >= 0.6 is 11.6 Å². The van der Waals surface area contributed by atoms with Crippen LogP contribution < -0.4 is 0 Å². The van der Waals surface area contributed by atoms with Crippen LogP contribution in [-0.2, 0) is 0 Å². The Morgan fingerprint density at radius 1 is 0.447 bits per heavy atom. The Morgan fingerprint density at radius 3 is 1.55 bits per heavy atom. The van der Waals surface area contributed by atoms with E-state index in [1.165, 1.54) is 5.39 Å². The van der Waals surface area contributed by atoms with Gasteiger partial charge in [-0.25, -0.2) is 15.0 Å². The summed E-state index contributed by atoms with van der Waals surface area (Å²) in [5.41, 5.74) is 5.95. The van der Waals surface area contributed by atoms with E-state index in [2.05, 4.69) is 59.2 Å². The van der Waals surface area contributed by atoms with Crippen molar-refractivity contribution in [1.82, 2.24) is 19.5 Å². The molecule has 0 bridgehead atoms. The summed E-state index contributed by atoms with van der Waals surface area (Å²) < 4.78 is 2.22. The topological polar surface area (TPSA) is 43.6 Å². The number of hydrogen-bond donors (Lipinski definition) is 0. The lowest BCUT2D eigenvalue weighted by Gasteiger charge is -2.11. The summed E-state index contributed by atoms with van der Waals surface area (Å²) in [6.45, 7) is 0. The summed E-state index contributed by atoms with van der Waals surface area (Å²) >= 11 is 6.71. The molecule has 4 nitrogen and oxygen atoms in total. The highest BCUT2D eigenvalue weighted by Gasteiger charge is 2.16. The highest BCUT2D eigenvalue weighted by molar-refractivity contribution is 6.36. The zero-order valence-electron chi connectivity index (χ0n) is 20.3. The lowest BCUT2D eigenvalue weighted by atomic mass is 10.1. The van der Waals surface area contributed by atoms with Crippen molar-refractivity contribution < 1.29 is 0 Å². The van der Waals surface area contributed by atoms with Crippen LogP contribution in [0.15, 0.2) is 127 Å². The molecule has 0 amide bonds. The number of para-hydroxylation sites is 2. The van der Waals surface area contributed by atoms with Crippen molar-refractivity contribution in [1.29, 1.82) is 0 Å². The lowest BCUT2D eigenvalue weighted by Crippen LogP contribution is -2.00. The van der Waals surface area contributed by atoms with Crippen molar-refractivity contribution in [3.05, 3.63) is 132 Å². The van der Waals surface area contributed by atoms with Gasteiger partial charge in [0.25, 0.3) is 0 Å². The van der Waals surface area contributed by atoms with Crippen LogP contribution in [0, 0.1) is 0 Å². The summed E-state index contributed by atoms with van der Waals surface area (Å²) in [6.07, 6.45) is 0. The summed E-state index contributed by atoms with van der Waals surface area (Å²) in [4.78, 5) is 14.5. The van der Waals surface area contributed by atoms with Crippen LogP contribution in [0.25, 0.3) is 61.7 Å². The van der Waals surface area contributed by atoms with Crippen molar-refractivity contribution >= 4 is 33.4 Å². The highest BCUT2D eigenvalue weighted by atomic mass is 35.5. The number of fused-ring (bicyclic) bond motifs is 3. The fourth-order valence-corrected chi connectivity index (χ4v) is 5.20. The molecule has 0 spiro atoms. The van der Waals surface area contributed by atoms with Gasteiger partial charge in [0, 0.05) is 33.2 Å². The SMILES string of the molecule is Clc1cccc2c3ccccc3n(-c3ccc(-c4nc(-c5ccccc5)nc(-c5ccccc5)n4)cc3)c12. The van der Waals surface area contributed by atoms with Gasteiger partial charge in [0.15, 0.2) is 17.5 Å². The van der Waals surface area contributed by atoms with Gasteiger partial charge in [-0.05, 0) is 36.4 Å². The second-order valence-electron chi connectivity index (χ2n) is 9.07. The number of halogens is 1. The molecular formula is C33H21ClN4. The predicted molar refractivity (Wildman–Crippen MR) is 155 cm³/mol. The third kappa shape index (κ3) is 3.83. The normalized spacial score (nSPS) is 11.3. The highest BCUT2D eigenvalue weighted by Crippen LogP contribution is 2.36. The molecule has 2 aromatic heterocycles. The second-order valence-corrected chi connectivity index (χ2v) is 9.48. The summed E-state index contributed by atoms with van der Waals surface area (Å²) in [7, 11) is 0. The molecule has 0 saturated carbocycles. The molecule has 180 valence electrons. The molecule has 2 heterocycles. The van der Waals surface area contributed by atoms with Crippen molar-refractivity contribution in [2.45, 2.75) is 0 Å². The molecule has 0 aliphatic rings. The van der Waals surface area contributed by atoms with Crippen LogP contribution in [0.1, 0.15) is 0 Å². The molecular weight excluding hydrogens is 488 g/mol. The number of benzene rings is 5. The zero-order chi connectivity index (χ0) is 25.5. The molecule has 0 unspecified atom stereocenters. The van der Waals surface area contributed by atoms with E-state index in [1.54, 1.807) is 0 Å². The first-order valence-electron chi connectivity index (χ1n) is 12.4. The van der Waals surface area contributed by atoms with Gasteiger partial charge in [-0.1, -0.05) is 103 Å². The Bertz CT molecular complexity index is 1850. The minimum absolute atomic E-state index is 0.629. The van der Waals surface area contributed by atoms with E-state index in [0.29, 0.717) is 17.5 Å². The first kappa shape index (κ1) is 22.4. The molecule has 38 heavy (non-hydrogen) atoms. The van der Waals surface area contributed by atoms with E-state index in [0.717, 1.165) is 43.8 Å². The largest absolute Gasteiger partial charge is 0.308 e. The predicted octanol–water partition coefficient (Wildman–Crippen LogP) is 8.62. The second kappa shape index (κ2) is 9.25. The summed E-state index contributed by atoms with van der Waals surface area (Å²) in [5, 5.41) is 3.03. The molecule has 5 aromatic carbocycles. The van der Waals surface area contributed by atoms with Crippen molar-refractivity contribution in [2.75, 3.05) is 0 Å². The Labute approximate surface area is 224 Å². The van der Waals surface area contributed by atoms with Gasteiger partial charge in [-0.15, -0.1) is 0 Å². The first-order chi connectivity index (χ1) is 18.8. The minimum atomic E-state index is 0.629. The molecule has 0 aliphatic heterocycles. The molecule has 0 aliphatic carbocycles. The summed E-state index contributed by atoms with van der Waals surface area (Å²) in [5.74, 6) is 1.92. The molecule has 0 N–H and O–H groups in total. The summed E-state index contributed by atoms with van der Waals surface area (Å²) in [6, 6.07) is 42.8. The van der Waals surface area contributed by atoms with Gasteiger partial charge in [0.1, 0.15) is 0 Å². The van der Waals surface area contributed by atoms with Crippen molar-refractivity contribution in [3.63, 3.8) is 0 Å². The quantitative estimate of drug-likeness (QED) is 0.239. The third-order valence-corrected chi connectivity index (χ3v) is 7.03. The van der Waals surface area contributed by atoms with Crippen LogP contribution in [0.2, 0.25) is 5.02 Å². The maximum atomic E-state index is 6.71. The zero-order valence-corrected chi connectivity index (χ0v) is 21.0. The molecule has 7 rings (SSSR count). The fraction of sp³-hybridized carbons (Fsp3) is 0. The number of rotatable bonds is 4. The third-order valence-electron chi connectivity index (χ3n) is 6.73. The Kier molecular flexibility index (Phi) is 5.46. The Balaban J connectivity index is 1.38. The maximum Gasteiger partial charge on any atom is 0.164 e. The van der Waals surface area contributed by atoms with Gasteiger partial charge >= 0.3 is 0 Å². The monoisotopic (exact) mass is 508 g/mol. The van der Waals surface area contributed by atoms with E-state index in [-0.39, 0.29) is 0 Å². The standard InChI is InChI=1S/C33H21ClN4/c34-28-16-9-15-27-26-14-7-8-17-29(26)38(30(27)28)25-20-18-24(19-21-25)33-36-31(22-10-3-1-4-11-22)35-32(37-33)23-12-5-2-6-13-23/h1-21H. The Hall–Kier alpha value is -4.80. The molecule has 0 atom stereocenters. The van der Waals surface area contributed by atoms with Crippen molar-refractivity contribution in [3.8, 4) is 39.9 Å². The van der Waals surface area contributed by atoms with Gasteiger partial charge in [0.05, 0.1) is 16.1 Å². The van der Waals surface area contributed by atoms with E-state index >= 15 is 0 Å². The molecule has 0 fully saturated rings. The fourth-order valence-electron chi connectivity index (χ4n) is 4.94. The number of hydrogen-bond acceptors (Lipinski definition) is 3. The molecule has 0 saturated heterocycles. The van der Waals surface area contributed by atoms with Crippen LogP contribution in [0.4, 0.5) is 0 Å². The van der Waals surface area contributed by atoms with Gasteiger partial charge < -0.3 is 4.57 Å². The van der Waals surface area contributed by atoms with Crippen LogP contribution in [0.3, 0.4) is 0 Å². The number of aromatic nitrogens is 4. The Morgan fingerprint density at radius 2 is 0.947 bits per heavy atom. The number of nitrogens with zero attached hydrogens (tertiary/aromatic N) is 4. The smallest absolute Gasteiger partial charge is 0.164 e. The van der Waals surface area contributed by atoms with E-state index in [9.17, 15) is 0 Å². The van der Waals surface area contributed by atoms with Gasteiger partial charge in [0.2, 0.25) is 0 Å². The first-order valence-corrected chi connectivity index (χ1v) is 12.8. The maximum absolute atomic E-state index is 6.71.